The molecule has 1 aliphatic carbocycles. The molecule has 0 bridgehead atoms. The molecule has 1 aromatic rings. The standard InChI is InChI=1S/C14H21FN2/c1-17(2)13-11(6-5-7-12(13)15)14(10-16)8-3-4-9-14/h5-7H,3-4,8-10,16H2,1-2H3. The lowest BCUT2D eigenvalue weighted by molar-refractivity contribution is 0.450. The van der Waals surface area contributed by atoms with E-state index in [2.05, 4.69) is 0 Å². The number of hydrogen-bond acceptors (Lipinski definition) is 2. The molecule has 1 fully saturated rings. The third-order valence-corrected chi connectivity index (χ3v) is 3.96. The van der Waals surface area contributed by atoms with Crippen LogP contribution in [0.15, 0.2) is 18.2 Å². The van der Waals surface area contributed by atoms with Gasteiger partial charge in [0.2, 0.25) is 0 Å². The van der Waals surface area contributed by atoms with Crippen molar-refractivity contribution in [2.24, 2.45) is 5.73 Å². The highest BCUT2D eigenvalue weighted by atomic mass is 19.1. The van der Waals surface area contributed by atoms with Crippen LogP contribution in [-0.4, -0.2) is 20.6 Å². The van der Waals surface area contributed by atoms with Crippen molar-refractivity contribution in [3.05, 3.63) is 29.6 Å². The Hall–Kier alpha value is -1.09. The normalized spacial score (nSPS) is 18.4. The Bertz CT molecular complexity index is 395. The van der Waals surface area contributed by atoms with Gasteiger partial charge in [0, 0.05) is 26.1 Å². The van der Waals surface area contributed by atoms with Gasteiger partial charge >= 0.3 is 0 Å². The molecular formula is C14H21FN2. The first-order chi connectivity index (χ1) is 8.10. The van der Waals surface area contributed by atoms with Gasteiger partial charge in [-0.2, -0.15) is 0 Å². The van der Waals surface area contributed by atoms with Gasteiger partial charge in [0.25, 0.3) is 0 Å². The molecular weight excluding hydrogens is 215 g/mol. The second kappa shape index (κ2) is 4.65. The third kappa shape index (κ3) is 2.04. The first-order valence-electron chi connectivity index (χ1n) is 6.27. The first-order valence-corrected chi connectivity index (χ1v) is 6.27. The maximum absolute atomic E-state index is 14.0. The van der Waals surface area contributed by atoms with E-state index < -0.39 is 0 Å². The molecule has 0 spiro atoms. The summed E-state index contributed by atoms with van der Waals surface area (Å²) < 4.78 is 14.0. The Balaban J connectivity index is 2.54. The van der Waals surface area contributed by atoms with Gasteiger partial charge in [-0.05, 0) is 24.5 Å². The van der Waals surface area contributed by atoms with E-state index in [-0.39, 0.29) is 11.2 Å². The Morgan fingerprint density at radius 1 is 1.29 bits per heavy atom. The molecule has 0 atom stereocenters. The summed E-state index contributed by atoms with van der Waals surface area (Å²) in [6.45, 7) is 0.608. The van der Waals surface area contributed by atoms with Gasteiger partial charge in [-0.25, -0.2) is 4.39 Å². The van der Waals surface area contributed by atoms with E-state index in [1.54, 1.807) is 6.07 Å². The Kier molecular flexibility index (Phi) is 3.38. The second-order valence-electron chi connectivity index (χ2n) is 5.22. The predicted molar refractivity (Wildman–Crippen MR) is 69.9 cm³/mol. The summed E-state index contributed by atoms with van der Waals surface area (Å²) in [6, 6.07) is 5.36. The molecule has 17 heavy (non-hydrogen) atoms. The average Bonchev–Trinajstić information content (AvgIpc) is 2.77. The summed E-state index contributed by atoms with van der Waals surface area (Å²) in [7, 11) is 3.78. The van der Waals surface area contributed by atoms with Crippen LogP contribution >= 0.6 is 0 Å². The molecule has 0 aromatic heterocycles. The molecule has 0 amide bonds. The van der Waals surface area contributed by atoms with Crippen molar-refractivity contribution in [1.82, 2.24) is 0 Å². The molecule has 0 aliphatic heterocycles. The van der Waals surface area contributed by atoms with Crippen molar-refractivity contribution in [2.45, 2.75) is 31.1 Å². The van der Waals surface area contributed by atoms with Gasteiger partial charge in [-0.3, -0.25) is 0 Å². The predicted octanol–water partition coefficient (Wildman–Crippen LogP) is 2.66. The summed E-state index contributed by atoms with van der Waals surface area (Å²) in [6.07, 6.45) is 4.54. The number of rotatable bonds is 3. The van der Waals surface area contributed by atoms with E-state index in [4.69, 9.17) is 5.73 Å². The summed E-state index contributed by atoms with van der Waals surface area (Å²) in [4.78, 5) is 1.86. The summed E-state index contributed by atoms with van der Waals surface area (Å²) in [5, 5.41) is 0. The summed E-state index contributed by atoms with van der Waals surface area (Å²) in [5.74, 6) is -0.146. The maximum atomic E-state index is 14.0. The molecule has 1 saturated carbocycles. The van der Waals surface area contributed by atoms with Gasteiger partial charge in [-0.15, -0.1) is 0 Å². The molecule has 3 heteroatoms. The molecule has 2 N–H and O–H groups in total. The van der Waals surface area contributed by atoms with Crippen LogP contribution < -0.4 is 10.6 Å². The van der Waals surface area contributed by atoms with Crippen LogP contribution in [0, 0.1) is 5.82 Å². The van der Waals surface area contributed by atoms with Crippen molar-refractivity contribution in [3.63, 3.8) is 0 Å². The SMILES string of the molecule is CN(C)c1c(F)cccc1C1(CN)CCCC1. The Morgan fingerprint density at radius 3 is 2.47 bits per heavy atom. The van der Waals surface area contributed by atoms with Crippen LogP contribution in [0.3, 0.4) is 0 Å². The van der Waals surface area contributed by atoms with Crippen LogP contribution in [0.2, 0.25) is 0 Å². The van der Waals surface area contributed by atoms with Crippen molar-refractivity contribution < 1.29 is 4.39 Å². The van der Waals surface area contributed by atoms with Crippen molar-refractivity contribution in [2.75, 3.05) is 25.5 Å². The lowest BCUT2D eigenvalue weighted by atomic mass is 9.78. The Labute approximate surface area is 103 Å². The minimum absolute atomic E-state index is 0.0122. The molecule has 2 nitrogen and oxygen atoms in total. The van der Waals surface area contributed by atoms with Crippen molar-refractivity contribution >= 4 is 5.69 Å². The van der Waals surface area contributed by atoms with Gasteiger partial charge in [-0.1, -0.05) is 25.0 Å². The highest BCUT2D eigenvalue weighted by Gasteiger charge is 2.37. The van der Waals surface area contributed by atoms with Crippen LogP contribution in [0.25, 0.3) is 0 Å². The average molecular weight is 236 g/mol. The molecule has 0 saturated heterocycles. The molecule has 1 aliphatic rings. The van der Waals surface area contributed by atoms with Gasteiger partial charge < -0.3 is 10.6 Å². The molecule has 0 heterocycles. The van der Waals surface area contributed by atoms with E-state index in [1.807, 2.05) is 25.1 Å². The highest BCUT2D eigenvalue weighted by molar-refractivity contribution is 5.57. The minimum atomic E-state index is -0.146. The zero-order valence-corrected chi connectivity index (χ0v) is 10.7. The van der Waals surface area contributed by atoms with E-state index in [0.29, 0.717) is 12.2 Å². The number of anilines is 1. The quantitative estimate of drug-likeness (QED) is 0.874. The van der Waals surface area contributed by atoms with E-state index in [0.717, 1.165) is 18.4 Å². The number of para-hydroxylation sites is 1. The number of hydrogen-bond donors (Lipinski definition) is 1. The summed E-state index contributed by atoms with van der Waals surface area (Å²) in [5.41, 5.74) is 7.76. The largest absolute Gasteiger partial charge is 0.375 e. The molecule has 2 rings (SSSR count). The molecule has 0 unspecified atom stereocenters. The van der Waals surface area contributed by atoms with Crippen LogP contribution in [-0.2, 0) is 5.41 Å². The zero-order valence-electron chi connectivity index (χ0n) is 10.7. The van der Waals surface area contributed by atoms with Crippen LogP contribution in [0.5, 0.6) is 0 Å². The second-order valence-corrected chi connectivity index (χ2v) is 5.22. The van der Waals surface area contributed by atoms with Gasteiger partial charge in [0.05, 0.1) is 5.69 Å². The number of nitrogens with zero attached hydrogens (tertiary/aromatic N) is 1. The molecule has 0 radical (unpaired) electrons. The fraction of sp³-hybridized carbons (Fsp3) is 0.571. The maximum Gasteiger partial charge on any atom is 0.146 e. The minimum Gasteiger partial charge on any atom is -0.375 e. The summed E-state index contributed by atoms with van der Waals surface area (Å²) >= 11 is 0. The van der Waals surface area contributed by atoms with E-state index in [1.165, 1.54) is 18.9 Å². The lowest BCUT2D eigenvalue weighted by Gasteiger charge is -2.32. The van der Waals surface area contributed by atoms with Gasteiger partial charge in [0.1, 0.15) is 5.82 Å². The highest BCUT2D eigenvalue weighted by Crippen LogP contribution is 2.44. The first kappa shape index (κ1) is 12.4. The van der Waals surface area contributed by atoms with Crippen molar-refractivity contribution in [3.8, 4) is 0 Å². The van der Waals surface area contributed by atoms with Crippen LogP contribution in [0.4, 0.5) is 10.1 Å². The Morgan fingerprint density at radius 2 is 1.94 bits per heavy atom. The fourth-order valence-electron chi connectivity index (χ4n) is 3.03. The number of nitrogens with two attached hydrogens (primary N) is 1. The van der Waals surface area contributed by atoms with Crippen molar-refractivity contribution in [1.29, 1.82) is 0 Å². The monoisotopic (exact) mass is 236 g/mol. The molecule has 1 aromatic carbocycles. The van der Waals surface area contributed by atoms with E-state index in [9.17, 15) is 4.39 Å². The smallest absolute Gasteiger partial charge is 0.146 e. The number of halogens is 1. The third-order valence-electron chi connectivity index (χ3n) is 3.96. The number of benzene rings is 1. The topological polar surface area (TPSA) is 29.3 Å². The fourth-order valence-corrected chi connectivity index (χ4v) is 3.03. The zero-order chi connectivity index (χ0) is 12.5. The van der Waals surface area contributed by atoms with Crippen LogP contribution in [0.1, 0.15) is 31.2 Å². The molecule has 94 valence electrons. The van der Waals surface area contributed by atoms with E-state index >= 15 is 0 Å². The van der Waals surface area contributed by atoms with Gasteiger partial charge in [0.15, 0.2) is 0 Å². The lowest BCUT2D eigenvalue weighted by Crippen LogP contribution is -2.34.